The number of methoxy groups -OCH3 is 1. The highest BCUT2D eigenvalue weighted by molar-refractivity contribution is 9.10. The van der Waals surface area contributed by atoms with E-state index in [2.05, 4.69) is 21.2 Å². The molecule has 0 spiro atoms. The predicted molar refractivity (Wildman–Crippen MR) is 81.2 cm³/mol. The minimum Gasteiger partial charge on any atom is -0.507 e. The third-order valence-electron chi connectivity index (χ3n) is 2.71. The number of halogens is 1. The van der Waals surface area contributed by atoms with Gasteiger partial charge in [-0.1, -0.05) is 15.9 Å². The molecule has 0 unspecified atom stereocenters. The average Bonchev–Trinajstić information content (AvgIpc) is 2.43. The Balaban J connectivity index is 2.25. The van der Waals surface area contributed by atoms with Crippen LogP contribution in [0.2, 0.25) is 0 Å². The monoisotopic (exact) mass is 336 g/mol. The maximum Gasteiger partial charge on any atom is 0.259 e. The van der Waals surface area contributed by atoms with Gasteiger partial charge in [-0.3, -0.25) is 4.79 Å². The summed E-state index contributed by atoms with van der Waals surface area (Å²) in [5.74, 6) is 0.0595. The van der Waals surface area contributed by atoms with Crippen molar-refractivity contribution in [2.75, 3.05) is 18.2 Å². The fourth-order valence-corrected chi connectivity index (χ4v) is 2.02. The van der Waals surface area contributed by atoms with Crippen molar-refractivity contribution in [2.45, 2.75) is 0 Å². The number of nitrogens with two attached hydrogens (primary N) is 1. The minimum atomic E-state index is -0.444. The number of hydrogen-bond donors (Lipinski definition) is 3. The SMILES string of the molecule is COc1ccc(NC(=O)c2cc(Br)ccc2O)c(N)c1. The van der Waals surface area contributed by atoms with Crippen LogP contribution in [0.3, 0.4) is 0 Å². The number of benzene rings is 2. The maximum absolute atomic E-state index is 12.1. The molecule has 0 aliphatic heterocycles. The summed E-state index contributed by atoms with van der Waals surface area (Å²) in [5, 5.41) is 12.3. The lowest BCUT2D eigenvalue weighted by molar-refractivity contribution is 0.102. The summed E-state index contributed by atoms with van der Waals surface area (Å²) in [6.45, 7) is 0. The first-order valence-electron chi connectivity index (χ1n) is 5.74. The summed E-state index contributed by atoms with van der Waals surface area (Å²) >= 11 is 3.25. The van der Waals surface area contributed by atoms with Gasteiger partial charge >= 0.3 is 0 Å². The minimum absolute atomic E-state index is 0.0993. The molecule has 6 heteroatoms. The van der Waals surface area contributed by atoms with Crippen LogP contribution in [-0.4, -0.2) is 18.1 Å². The zero-order valence-electron chi connectivity index (χ0n) is 10.7. The highest BCUT2D eigenvalue weighted by Gasteiger charge is 2.13. The summed E-state index contributed by atoms with van der Waals surface area (Å²) in [6, 6.07) is 9.55. The van der Waals surface area contributed by atoms with Crippen LogP contribution < -0.4 is 15.8 Å². The molecule has 2 aromatic carbocycles. The van der Waals surface area contributed by atoms with Crippen molar-refractivity contribution in [3.8, 4) is 11.5 Å². The van der Waals surface area contributed by atoms with E-state index in [9.17, 15) is 9.90 Å². The number of anilines is 2. The summed E-state index contributed by atoms with van der Waals surface area (Å²) in [7, 11) is 1.53. The summed E-state index contributed by atoms with van der Waals surface area (Å²) in [5.41, 5.74) is 6.82. The van der Waals surface area contributed by atoms with Crippen molar-refractivity contribution >= 4 is 33.2 Å². The van der Waals surface area contributed by atoms with Crippen LogP contribution in [0.5, 0.6) is 11.5 Å². The van der Waals surface area contributed by atoms with E-state index in [1.807, 2.05) is 0 Å². The van der Waals surface area contributed by atoms with Crippen molar-refractivity contribution < 1.29 is 14.6 Å². The van der Waals surface area contributed by atoms with Crippen LogP contribution in [0.25, 0.3) is 0 Å². The predicted octanol–water partition coefficient (Wildman–Crippen LogP) is 3.00. The highest BCUT2D eigenvalue weighted by atomic mass is 79.9. The van der Waals surface area contributed by atoms with Crippen LogP contribution in [0.15, 0.2) is 40.9 Å². The smallest absolute Gasteiger partial charge is 0.259 e. The third kappa shape index (κ3) is 3.03. The fraction of sp³-hybridized carbons (Fsp3) is 0.0714. The normalized spacial score (nSPS) is 10.1. The second kappa shape index (κ2) is 5.83. The van der Waals surface area contributed by atoms with Crippen molar-refractivity contribution in [1.29, 1.82) is 0 Å². The lowest BCUT2D eigenvalue weighted by Gasteiger charge is -2.10. The number of phenolic OH excluding ortho intramolecular Hbond substituents is 1. The Hall–Kier alpha value is -2.21. The van der Waals surface area contributed by atoms with Gasteiger partial charge in [0, 0.05) is 10.5 Å². The van der Waals surface area contributed by atoms with Gasteiger partial charge in [-0.2, -0.15) is 0 Å². The molecule has 0 radical (unpaired) electrons. The Bertz CT molecular complexity index is 659. The van der Waals surface area contributed by atoms with Gasteiger partial charge in [0.15, 0.2) is 0 Å². The van der Waals surface area contributed by atoms with E-state index < -0.39 is 5.91 Å². The lowest BCUT2D eigenvalue weighted by Crippen LogP contribution is -2.13. The molecule has 0 atom stereocenters. The molecule has 0 aromatic heterocycles. The Morgan fingerprint density at radius 1 is 1.30 bits per heavy atom. The van der Waals surface area contributed by atoms with Gasteiger partial charge in [-0.15, -0.1) is 0 Å². The second-order valence-corrected chi connectivity index (χ2v) is 4.98. The molecule has 0 fully saturated rings. The van der Waals surface area contributed by atoms with Gasteiger partial charge in [0.25, 0.3) is 5.91 Å². The van der Waals surface area contributed by atoms with Crippen molar-refractivity contribution in [2.24, 2.45) is 0 Å². The molecular weight excluding hydrogens is 324 g/mol. The molecule has 20 heavy (non-hydrogen) atoms. The number of phenols is 1. The fourth-order valence-electron chi connectivity index (χ4n) is 1.66. The first kappa shape index (κ1) is 14.2. The van der Waals surface area contributed by atoms with Gasteiger partial charge < -0.3 is 20.9 Å². The van der Waals surface area contributed by atoms with Gasteiger partial charge in [0.2, 0.25) is 0 Å². The second-order valence-electron chi connectivity index (χ2n) is 4.07. The molecule has 0 saturated carbocycles. The molecule has 5 nitrogen and oxygen atoms in total. The molecule has 2 rings (SSSR count). The highest BCUT2D eigenvalue weighted by Crippen LogP contribution is 2.27. The first-order chi connectivity index (χ1) is 9.51. The number of carbonyl (C=O) groups is 1. The topological polar surface area (TPSA) is 84.6 Å². The number of carbonyl (C=O) groups excluding carboxylic acids is 1. The van der Waals surface area contributed by atoms with Gasteiger partial charge in [0.05, 0.1) is 24.0 Å². The number of ether oxygens (including phenoxy) is 1. The Morgan fingerprint density at radius 2 is 2.05 bits per heavy atom. The number of hydrogen-bond acceptors (Lipinski definition) is 4. The van der Waals surface area contributed by atoms with E-state index in [4.69, 9.17) is 10.5 Å². The van der Waals surface area contributed by atoms with E-state index >= 15 is 0 Å². The molecule has 0 heterocycles. The molecule has 1 amide bonds. The summed E-state index contributed by atoms with van der Waals surface area (Å²) in [4.78, 5) is 12.1. The molecule has 2 aromatic rings. The van der Waals surface area contributed by atoms with Crippen LogP contribution in [0, 0.1) is 0 Å². The van der Waals surface area contributed by atoms with Crippen molar-refractivity contribution in [3.63, 3.8) is 0 Å². The molecular formula is C14H13BrN2O3. The zero-order chi connectivity index (χ0) is 14.7. The van der Waals surface area contributed by atoms with Gasteiger partial charge in [-0.25, -0.2) is 0 Å². The van der Waals surface area contributed by atoms with Gasteiger partial charge in [-0.05, 0) is 30.3 Å². The number of rotatable bonds is 3. The Kier molecular flexibility index (Phi) is 4.14. The summed E-state index contributed by atoms with van der Waals surface area (Å²) in [6.07, 6.45) is 0. The quantitative estimate of drug-likeness (QED) is 0.752. The van der Waals surface area contributed by atoms with E-state index in [0.29, 0.717) is 21.6 Å². The van der Waals surface area contributed by atoms with E-state index in [1.54, 1.807) is 24.3 Å². The Labute approximate surface area is 124 Å². The van der Waals surface area contributed by atoms with Crippen LogP contribution >= 0.6 is 15.9 Å². The van der Waals surface area contributed by atoms with E-state index in [1.165, 1.54) is 19.2 Å². The number of amides is 1. The average molecular weight is 337 g/mol. The largest absolute Gasteiger partial charge is 0.507 e. The first-order valence-corrected chi connectivity index (χ1v) is 6.54. The van der Waals surface area contributed by atoms with Crippen molar-refractivity contribution in [3.05, 3.63) is 46.4 Å². The van der Waals surface area contributed by atoms with Crippen LogP contribution in [0.1, 0.15) is 10.4 Å². The van der Waals surface area contributed by atoms with Crippen LogP contribution in [0.4, 0.5) is 11.4 Å². The molecule has 104 valence electrons. The number of nitrogens with one attached hydrogen (secondary N) is 1. The van der Waals surface area contributed by atoms with Crippen molar-refractivity contribution in [1.82, 2.24) is 0 Å². The number of nitrogen functional groups attached to an aromatic ring is 1. The molecule has 0 bridgehead atoms. The third-order valence-corrected chi connectivity index (χ3v) is 3.20. The summed E-state index contributed by atoms with van der Waals surface area (Å²) < 4.78 is 5.73. The van der Waals surface area contributed by atoms with E-state index in [0.717, 1.165) is 0 Å². The molecule has 0 aliphatic carbocycles. The maximum atomic E-state index is 12.1. The Morgan fingerprint density at radius 3 is 2.70 bits per heavy atom. The zero-order valence-corrected chi connectivity index (χ0v) is 12.3. The standard InChI is InChI=1S/C14H13BrN2O3/c1-20-9-3-4-12(11(16)7-9)17-14(19)10-6-8(15)2-5-13(10)18/h2-7,18H,16H2,1H3,(H,17,19). The number of aromatic hydroxyl groups is 1. The van der Waals surface area contributed by atoms with Gasteiger partial charge in [0.1, 0.15) is 11.5 Å². The lowest BCUT2D eigenvalue weighted by atomic mass is 10.1. The van der Waals surface area contributed by atoms with Crippen LogP contribution in [-0.2, 0) is 0 Å². The molecule has 4 N–H and O–H groups in total. The van der Waals surface area contributed by atoms with E-state index in [-0.39, 0.29) is 11.3 Å². The molecule has 0 aliphatic rings. The molecule has 0 saturated heterocycles.